The molecule has 0 aromatic heterocycles. The first-order valence-electron chi connectivity index (χ1n) is 9.63. The predicted molar refractivity (Wildman–Crippen MR) is 112 cm³/mol. The Morgan fingerprint density at radius 3 is 2.38 bits per heavy atom. The van der Waals surface area contributed by atoms with Gasteiger partial charge in [-0.05, 0) is 48.4 Å². The Morgan fingerprint density at radius 2 is 1.79 bits per heavy atom. The molecule has 0 amide bonds. The van der Waals surface area contributed by atoms with E-state index in [1.54, 1.807) is 6.92 Å². The summed E-state index contributed by atoms with van der Waals surface area (Å²) in [4.78, 5) is 4.35. The molecule has 2 aromatic rings. The number of nitrogens with zero attached hydrogens (tertiary/aromatic N) is 2. The van der Waals surface area contributed by atoms with E-state index in [2.05, 4.69) is 9.62 Å². The van der Waals surface area contributed by atoms with E-state index in [9.17, 15) is 12.8 Å². The van der Waals surface area contributed by atoms with Gasteiger partial charge in [0.15, 0.2) is 0 Å². The molecule has 0 unspecified atom stereocenters. The lowest BCUT2D eigenvalue weighted by Crippen LogP contribution is -2.43. The molecule has 8 heteroatoms. The molecule has 158 valence electrons. The number of anilines is 1. The smallest absolute Gasteiger partial charge is 0.240 e. The molecule has 1 aliphatic heterocycles. The maximum Gasteiger partial charge on any atom is 0.240 e. The molecule has 3 rings (SSSR count). The highest BCUT2D eigenvalue weighted by molar-refractivity contribution is 7.89. The van der Waals surface area contributed by atoms with Crippen molar-refractivity contribution in [3.63, 3.8) is 0 Å². The molecule has 0 aliphatic carbocycles. The lowest BCUT2D eigenvalue weighted by Gasteiger charge is -2.35. The van der Waals surface area contributed by atoms with E-state index >= 15 is 0 Å². The van der Waals surface area contributed by atoms with Crippen LogP contribution in [0.25, 0.3) is 0 Å². The molecule has 1 fully saturated rings. The molecule has 1 N–H and O–H groups in total. The Morgan fingerprint density at radius 1 is 1.14 bits per heavy atom. The van der Waals surface area contributed by atoms with Crippen LogP contribution in [-0.4, -0.2) is 60.3 Å². The molecule has 0 radical (unpaired) electrons. The van der Waals surface area contributed by atoms with Gasteiger partial charge in [-0.1, -0.05) is 12.1 Å². The summed E-state index contributed by atoms with van der Waals surface area (Å²) in [5.74, 6) is -0.450. The molecule has 29 heavy (non-hydrogen) atoms. The molecule has 0 bridgehead atoms. The molecule has 1 heterocycles. The maximum atomic E-state index is 13.4. The van der Waals surface area contributed by atoms with E-state index < -0.39 is 15.8 Å². The van der Waals surface area contributed by atoms with Crippen LogP contribution < -0.4 is 9.62 Å². The van der Waals surface area contributed by atoms with E-state index in [1.165, 1.54) is 18.2 Å². The zero-order valence-corrected chi connectivity index (χ0v) is 17.9. The van der Waals surface area contributed by atoms with Crippen molar-refractivity contribution in [2.45, 2.75) is 17.9 Å². The van der Waals surface area contributed by atoms with Crippen molar-refractivity contribution in [2.75, 3.05) is 51.8 Å². The summed E-state index contributed by atoms with van der Waals surface area (Å²) in [5, 5.41) is 0. The van der Waals surface area contributed by atoms with Gasteiger partial charge in [0, 0.05) is 45.5 Å². The first-order chi connectivity index (χ1) is 13.8. The van der Waals surface area contributed by atoms with Crippen LogP contribution in [0.1, 0.15) is 17.2 Å². The van der Waals surface area contributed by atoms with Gasteiger partial charge in [-0.25, -0.2) is 17.5 Å². The van der Waals surface area contributed by atoms with Crippen molar-refractivity contribution in [1.82, 2.24) is 9.62 Å². The quantitative estimate of drug-likeness (QED) is 0.745. The second-order valence-electron chi connectivity index (χ2n) is 7.41. The minimum absolute atomic E-state index is 0.0996. The van der Waals surface area contributed by atoms with Gasteiger partial charge in [0.2, 0.25) is 10.0 Å². The van der Waals surface area contributed by atoms with Gasteiger partial charge < -0.3 is 9.64 Å². The highest BCUT2D eigenvalue weighted by Crippen LogP contribution is 2.25. The van der Waals surface area contributed by atoms with Gasteiger partial charge in [-0.2, -0.15) is 0 Å². The highest BCUT2D eigenvalue weighted by Gasteiger charge is 2.26. The predicted octanol–water partition coefficient (Wildman–Crippen LogP) is 2.55. The zero-order valence-electron chi connectivity index (χ0n) is 17.1. The van der Waals surface area contributed by atoms with Crippen molar-refractivity contribution in [3.05, 3.63) is 59.4 Å². The third-order valence-corrected chi connectivity index (χ3v) is 6.76. The van der Waals surface area contributed by atoms with Crippen LogP contribution in [0, 0.1) is 12.7 Å². The number of benzene rings is 2. The van der Waals surface area contributed by atoms with E-state index in [0.717, 1.165) is 24.3 Å². The lowest BCUT2D eigenvalue weighted by atomic mass is 10.0. The van der Waals surface area contributed by atoms with Gasteiger partial charge in [-0.3, -0.25) is 4.90 Å². The van der Waals surface area contributed by atoms with Gasteiger partial charge in [0.25, 0.3) is 0 Å². The third kappa shape index (κ3) is 5.33. The van der Waals surface area contributed by atoms with Crippen molar-refractivity contribution in [3.8, 4) is 0 Å². The number of rotatable bonds is 7. The number of aryl methyl sites for hydroxylation is 1. The van der Waals surface area contributed by atoms with Crippen LogP contribution in [0.15, 0.2) is 47.4 Å². The van der Waals surface area contributed by atoms with Gasteiger partial charge in [0.1, 0.15) is 5.82 Å². The maximum absolute atomic E-state index is 13.4. The summed E-state index contributed by atoms with van der Waals surface area (Å²) in [5.41, 5.74) is 2.50. The van der Waals surface area contributed by atoms with Crippen LogP contribution in [0.2, 0.25) is 0 Å². The molecule has 1 saturated heterocycles. The van der Waals surface area contributed by atoms with Gasteiger partial charge in [-0.15, -0.1) is 0 Å². The number of nitrogens with one attached hydrogen (secondary N) is 1. The number of hydrogen-bond donors (Lipinski definition) is 1. The molecule has 0 saturated carbocycles. The van der Waals surface area contributed by atoms with E-state index in [1.807, 2.05) is 43.3 Å². The first kappa shape index (κ1) is 21.7. The topological polar surface area (TPSA) is 61.9 Å². The van der Waals surface area contributed by atoms with Crippen molar-refractivity contribution < 1.29 is 17.5 Å². The summed E-state index contributed by atoms with van der Waals surface area (Å²) in [6.07, 6.45) is 0. The zero-order chi connectivity index (χ0) is 21.0. The summed E-state index contributed by atoms with van der Waals surface area (Å²) in [6, 6.07) is 11.7. The molecular weight excluding hydrogens is 393 g/mol. The number of morpholine rings is 1. The minimum atomic E-state index is -3.75. The number of hydrogen-bond acceptors (Lipinski definition) is 5. The van der Waals surface area contributed by atoms with Crippen molar-refractivity contribution in [1.29, 1.82) is 0 Å². The van der Waals surface area contributed by atoms with Crippen LogP contribution in [0.5, 0.6) is 0 Å². The SMILES string of the molecule is Cc1cc(F)ccc1S(=O)(=O)NC[C@@H](c1ccc(N(C)C)cc1)N1CCOCC1. The third-order valence-electron chi connectivity index (χ3n) is 5.17. The number of ether oxygens (including phenoxy) is 1. The van der Waals surface area contributed by atoms with Crippen molar-refractivity contribution in [2.24, 2.45) is 0 Å². The average molecular weight is 422 g/mol. The van der Waals surface area contributed by atoms with Crippen LogP contribution in [-0.2, 0) is 14.8 Å². The Bertz CT molecular complexity index is 927. The van der Waals surface area contributed by atoms with E-state index in [-0.39, 0.29) is 17.5 Å². The molecule has 0 spiro atoms. The molecular formula is C21H28FN3O3S. The molecule has 2 aromatic carbocycles. The standard InChI is InChI=1S/C21H28FN3O3S/c1-16-14-18(22)6-9-21(16)29(26,27)23-15-20(25-10-12-28-13-11-25)17-4-7-19(8-5-17)24(2)3/h4-9,14,20,23H,10-13,15H2,1-3H3/t20-/m0/s1. The highest BCUT2D eigenvalue weighted by atomic mass is 32.2. The lowest BCUT2D eigenvalue weighted by molar-refractivity contribution is 0.0172. The van der Waals surface area contributed by atoms with Crippen molar-refractivity contribution >= 4 is 15.7 Å². The monoisotopic (exact) mass is 421 g/mol. The first-order valence-corrected chi connectivity index (χ1v) is 11.1. The molecule has 6 nitrogen and oxygen atoms in total. The minimum Gasteiger partial charge on any atom is -0.379 e. The fourth-order valence-corrected chi connectivity index (χ4v) is 4.79. The Labute approximate surface area is 172 Å². The second kappa shape index (κ2) is 9.21. The van der Waals surface area contributed by atoms with Crippen LogP contribution in [0.3, 0.4) is 0 Å². The Balaban J connectivity index is 1.82. The van der Waals surface area contributed by atoms with Crippen LogP contribution in [0.4, 0.5) is 10.1 Å². The van der Waals surface area contributed by atoms with E-state index in [4.69, 9.17) is 4.74 Å². The normalized spacial score (nSPS) is 16.6. The Kier molecular flexibility index (Phi) is 6.89. The second-order valence-corrected chi connectivity index (χ2v) is 9.15. The summed E-state index contributed by atoms with van der Waals surface area (Å²) in [6.45, 7) is 4.53. The number of halogens is 1. The van der Waals surface area contributed by atoms with E-state index in [0.29, 0.717) is 18.8 Å². The summed E-state index contributed by atoms with van der Waals surface area (Å²) in [7, 11) is 0.206. The number of sulfonamides is 1. The fourth-order valence-electron chi connectivity index (χ4n) is 3.52. The summed E-state index contributed by atoms with van der Waals surface area (Å²) >= 11 is 0. The fraction of sp³-hybridized carbons (Fsp3) is 0.429. The largest absolute Gasteiger partial charge is 0.379 e. The summed E-state index contributed by atoms with van der Waals surface area (Å²) < 4.78 is 47.2. The Hall–Kier alpha value is -2.00. The van der Waals surface area contributed by atoms with Crippen LogP contribution >= 0.6 is 0 Å². The van der Waals surface area contributed by atoms with Gasteiger partial charge in [0.05, 0.1) is 18.1 Å². The molecule has 1 aliphatic rings. The van der Waals surface area contributed by atoms with Gasteiger partial charge >= 0.3 is 0 Å². The average Bonchev–Trinajstić information content (AvgIpc) is 2.69. The molecule has 1 atom stereocenters.